The molecule has 0 aliphatic heterocycles. The van der Waals surface area contributed by atoms with Gasteiger partial charge in [0.25, 0.3) is 0 Å². The number of nitrogens with one attached hydrogen (secondary N) is 1. The second kappa shape index (κ2) is 5.23. The zero-order valence-electron chi connectivity index (χ0n) is 10.5. The molecule has 1 N–H and O–H groups in total. The SMILES string of the molecule is C=C(C)Nc1ncc(-c2cccc(Cl)c2)cc1C. The van der Waals surface area contributed by atoms with Gasteiger partial charge in [-0.15, -0.1) is 0 Å². The van der Waals surface area contributed by atoms with Crippen LogP contribution >= 0.6 is 11.6 Å². The third kappa shape index (κ3) is 2.90. The van der Waals surface area contributed by atoms with Crippen molar-refractivity contribution in [3.8, 4) is 11.1 Å². The highest BCUT2D eigenvalue weighted by Crippen LogP contribution is 2.25. The Morgan fingerprint density at radius 1 is 1.28 bits per heavy atom. The molecule has 1 heterocycles. The summed E-state index contributed by atoms with van der Waals surface area (Å²) in [6.45, 7) is 7.74. The first-order valence-electron chi connectivity index (χ1n) is 5.71. The number of hydrogen-bond donors (Lipinski definition) is 1. The van der Waals surface area contributed by atoms with Gasteiger partial charge in [0, 0.05) is 22.5 Å². The Kier molecular flexibility index (Phi) is 3.68. The highest BCUT2D eigenvalue weighted by Gasteiger charge is 2.04. The fraction of sp³-hybridized carbons (Fsp3) is 0.133. The van der Waals surface area contributed by atoms with Crippen LogP contribution in [0.2, 0.25) is 5.02 Å². The third-order valence-electron chi connectivity index (χ3n) is 2.57. The number of allylic oxidation sites excluding steroid dienone is 1. The average Bonchev–Trinajstić information content (AvgIpc) is 2.31. The van der Waals surface area contributed by atoms with Crippen LogP contribution in [0.15, 0.2) is 48.8 Å². The molecule has 1 aromatic carbocycles. The van der Waals surface area contributed by atoms with Crippen LogP contribution in [-0.2, 0) is 0 Å². The number of rotatable bonds is 3. The maximum atomic E-state index is 5.99. The van der Waals surface area contributed by atoms with Gasteiger partial charge in [0.05, 0.1) is 0 Å². The molecule has 0 radical (unpaired) electrons. The molecule has 2 nitrogen and oxygen atoms in total. The van der Waals surface area contributed by atoms with E-state index in [0.717, 1.165) is 33.2 Å². The number of halogens is 1. The van der Waals surface area contributed by atoms with Crippen molar-refractivity contribution in [2.24, 2.45) is 0 Å². The van der Waals surface area contributed by atoms with Crippen molar-refractivity contribution in [3.05, 3.63) is 59.4 Å². The minimum atomic E-state index is 0.731. The van der Waals surface area contributed by atoms with E-state index in [-0.39, 0.29) is 0 Å². The lowest BCUT2D eigenvalue weighted by Gasteiger charge is -2.10. The minimum Gasteiger partial charge on any atom is -0.344 e. The molecule has 0 saturated heterocycles. The van der Waals surface area contributed by atoms with Crippen LogP contribution < -0.4 is 5.32 Å². The van der Waals surface area contributed by atoms with Crippen LogP contribution in [-0.4, -0.2) is 4.98 Å². The Morgan fingerprint density at radius 3 is 2.67 bits per heavy atom. The van der Waals surface area contributed by atoms with Crippen molar-refractivity contribution in [2.45, 2.75) is 13.8 Å². The van der Waals surface area contributed by atoms with Gasteiger partial charge in [0.2, 0.25) is 0 Å². The van der Waals surface area contributed by atoms with Crippen LogP contribution in [0.4, 0.5) is 5.82 Å². The molecule has 3 heteroatoms. The maximum absolute atomic E-state index is 5.99. The molecule has 0 aliphatic rings. The predicted molar refractivity (Wildman–Crippen MR) is 77.9 cm³/mol. The fourth-order valence-electron chi connectivity index (χ4n) is 1.73. The Hall–Kier alpha value is -1.80. The number of pyridine rings is 1. The van der Waals surface area contributed by atoms with E-state index in [1.807, 2.05) is 44.3 Å². The molecule has 0 bridgehead atoms. The highest BCUT2D eigenvalue weighted by molar-refractivity contribution is 6.30. The molecule has 0 saturated carbocycles. The largest absolute Gasteiger partial charge is 0.344 e. The summed E-state index contributed by atoms with van der Waals surface area (Å²) in [5.41, 5.74) is 4.08. The zero-order valence-corrected chi connectivity index (χ0v) is 11.3. The van der Waals surface area contributed by atoms with Gasteiger partial charge in [-0.3, -0.25) is 0 Å². The zero-order chi connectivity index (χ0) is 13.1. The van der Waals surface area contributed by atoms with Gasteiger partial charge >= 0.3 is 0 Å². The summed E-state index contributed by atoms with van der Waals surface area (Å²) in [6, 6.07) is 9.84. The van der Waals surface area contributed by atoms with Gasteiger partial charge in [-0.05, 0) is 43.2 Å². The van der Waals surface area contributed by atoms with E-state index in [4.69, 9.17) is 11.6 Å². The number of hydrogen-bond acceptors (Lipinski definition) is 2. The van der Waals surface area contributed by atoms with E-state index in [9.17, 15) is 0 Å². The molecular formula is C15H15ClN2. The van der Waals surface area contributed by atoms with Gasteiger partial charge in [0.15, 0.2) is 0 Å². The Bertz CT molecular complexity index is 591. The van der Waals surface area contributed by atoms with E-state index in [0.29, 0.717) is 0 Å². The summed E-state index contributed by atoms with van der Waals surface area (Å²) in [5.74, 6) is 0.841. The maximum Gasteiger partial charge on any atom is 0.132 e. The number of benzene rings is 1. The van der Waals surface area contributed by atoms with E-state index < -0.39 is 0 Å². The molecule has 0 aliphatic carbocycles. The van der Waals surface area contributed by atoms with E-state index in [2.05, 4.69) is 22.9 Å². The van der Waals surface area contributed by atoms with Crippen molar-refractivity contribution in [1.29, 1.82) is 0 Å². The first-order chi connectivity index (χ1) is 8.56. The normalized spacial score (nSPS) is 10.2. The van der Waals surface area contributed by atoms with E-state index >= 15 is 0 Å². The van der Waals surface area contributed by atoms with Crippen LogP contribution in [0.3, 0.4) is 0 Å². The Labute approximate surface area is 112 Å². The molecule has 0 spiro atoms. The molecule has 0 fully saturated rings. The third-order valence-corrected chi connectivity index (χ3v) is 2.80. The molecule has 0 amide bonds. The monoisotopic (exact) mass is 258 g/mol. The van der Waals surface area contributed by atoms with Crippen molar-refractivity contribution in [3.63, 3.8) is 0 Å². The Morgan fingerprint density at radius 2 is 2.06 bits per heavy atom. The lowest BCUT2D eigenvalue weighted by Crippen LogP contribution is -1.99. The van der Waals surface area contributed by atoms with E-state index in [1.54, 1.807) is 0 Å². The Balaban J connectivity index is 2.37. The number of aromatic nitrogens is 1. The van der Waals surface area contributed by atoms with Crippen molar-refractivity contribution in [2.75, 3.05) is 5.32 Å². The molecule has 2 rings (SSSR count). The van der Waals surface area contributed by atoms with E-state index in [1.165, 1.54) is 0 Å². The summed E-state index contributed by atoms with van der Waals surface area (Å²) >= 11 is 5.99. The summed E-state index contributed by atoms with van der Waals surface area (Å²) in [6.07, 6.45) is 1.84. The quantitative estimate of drug-likeness (QED) is 0.866. The molecular weight excluding hydrogens is 244 g/mol. The van der Waals surface area contributed by atoms with Gasteiger partial charge < -0.3 is 5.32 Å². The summed E-state index contributed by atoms with van der Waals surface area (Å²) < 4.78 is 0. The average molecular weight is 259 g/mol. The van der Waals surface area contributed by atoms with Crippen LogP contribution in [0, 0.1) is 6.92 Å². The molecule has 2 aromatic rings. The van der Waals surface area contributed by atoms with Gasteiger partial charge in [-0.25, -0.2) is 4.98 Å². The van der Waals surface area contributed by atoms with Gasteiger partial charge in [-0.1, -0.05) is 30.3 Å². The van der Waals surface area contributed by atoms with Crippen molar-refractivity contribution >= 4 is 17.4 Å². The molecule has 18 heavy (non-hydrogen) atoms. The molecule has 92 valence electrons. The van der Waals surface area contributed by atoms with Crippen LogP contribution in [0.1, 0.15) is 12.5 Å². The topological polar surface area (TPSA) is 24.9 Å². The first-order valence-corrected chi connectivity index (χ1v) is 6.09. The second-order valence-electron chi connectivity index (χ2n) is 4.31. The molecule has 0 unspecified atom stereocenters. The number of anilines is 1. The number of aryl methyl sites for hydroxylation is 1. The molecule has 1 aromatic heterocycles. The highest BCUT2D eigenvalue weighted by atomic mass is 35.5. The summed E-state index contributed by atoms with van der Waals surface area (Å²) in [5, 5.41) is 3.86. The summed E-state index contributed by atoms with van der Waals surface area (Å²) in [7, 11) is 0. The number of nitrogens with zero attached hydrogens (tertiary/aromatic N) is 1. The summed E-state index contributed by atoms with van der Waals surface area (Å²) in [4.78, 5) is 4.41. The second-order valence-corrected chi connectivity index (χ2v) is 4.74. The van der Waals surface area contributed by atoms with Crippen LogP contribution in [0.5, 0.6) is 0 Å². The van der Waals surface area contributed by atoms with Crippen LogP contribution in [0.25, 0.3) is 11.1 Å². The molecule has 0 atom stereocenters. The predicted octanol–water partition coefficient (Wildman–Crippen LogP) is 4.66. The van der Waals surface area contributed by atoms with Gasteiger partial charge in [0.1, 0.15) is 5.82 Å². The fourth-order valence-corrected chi connectivity index (χ4v) is 1.92. The lowest BCUT2D eigenvalue weighted by molar-refractivity contribution is 1.22. The smallest absolute Gasteiger partial charge is 0.132 e. The minimum absolute atomic E-state index is 0.731. The first kappa shape index (κ1) is 12.7. The van der Waals surface area contributed by atoms with Gasteiger partial charge in [-0.2, -0.15) is 0 Å². The standard InChI is InChI=1S/C15H15ClN2/c1-10(2)18-15-11(3)7-13(9-17-15)12-5-4-6-14(16)8-12/h4-9H,1H2,2-3H3,(H,17,18). The van der Waals surface area contributed by atoms with Crippen molar-refractivity contribution in [1.82, 2.24) is 4.98 Å². The lowest BCUT2D eigenvalue weighted by atomic mass is 10.1. The van der Waals surface area contributed by atoms with Crippen molar-refractivity contribution < 1.29 is 0 Å².